The Morgan fingerprint density at radius 3 is 2.16 bits per heavy atom. The Hall–Kier alpha value is -4.50. The monoisotopic (exact) mass is 623 g/mol. The van der Waals surface area contributed by atoms with E-state index < -0.39 is 10.0 Å². The normalized spacial score (nSPS) is 11.9. The van der Waals surface area contributed by atoms with Gasteiger partial charge in [-0.05, 0) is 72.6 Å². The Labute approximate surface area is 265 Å². The van der Waals surface area contributed by atoms with E-state index in [9.17, 15) is 13.2 Å². The Balaban J connectivity index is 1.20. The summed E-state index contributed by atoms with van der Waals surface area (Å²) in [5, 5.41) is 4.70. The average Bonchev–Trinajstić information content (AvgIpc) is 3.32. The van der Waals surface area contributed by atoms with E-state index in [1.807, 2.05) is 32.0 Å². The Kier molecular flexibility index (Phi) is 9.39. The third-order valence-corrected chi connectivity index (χ3v) is 9.37. The molecule has 0 unspecified atom stereocenters. The van der Waals surface area contributed by atoms with Crippen LogP contribution in [0.3, 0.4) is 0 Å². The number of sulfonamides is 1. The van der Waals surface area contributed by atoms with Gasteiger partial charge in [0.15, 0.2) is 0 Å². The van der Waals surface area contributed by atoms with Crippen molar-refractivity contribution >= 4 is 15.7 Å². The molecule has 0 atom stereocenters. The van der Waals surface area contributed by atoms with Gasteiger partial charge in [-0.1, -0.05) is 87.5 Å². The zero-order chi connectivity index (χ0) is 32.2. The van der Waals surface area contributed by atoms with Crippen molar-refractivity contribution in [3.8, 4) is 11.3 Å². The van der Waals surface area contributed by atoms with Crippen molar-refractivity contribution in [3.63, 3.8) is 0 Å². The molecule has 5 aromatic rings. The number of benzene rings is 3. The molecule has 0 fully saturated rings. The van der Waals surface area contributed by atoms with Gasteiger partial charge >= 0.3 is 5.69 Å². The maximum absolute atomic E-state index is 13.1. The van der Waals surface area contributed by atoms with Crippen LogP contribution in [0.25, 0.3) is 11.3 Å². The van der Waals surface area contributed by atoms with Gasteiger partial charge in [-0.15, -0.1) is 0 Å². The van der Waals surface area contributed by atoms with Gasteiger partial charge in [-0.2, -0.15) is 5.10 Å². The molecule has 2 heterocycles. The van der Waals surface area contributed by atoms with E-state index in [1.54, 1.807) is 45.8 Å². The van der Waals surface area contributed by atoms with Crippen molar-refractivity contribution in [2.75, 3.05) is 4.72 Å². The van der Waals surface area contributed by atoms with Gasteiger partial charge in [0.1, 0.15) is 5.82 Å². The minimum absolute atomic E-state index is 0.0709. The zero-order valence-electron chi connectivity index (χ0n) is 26.6. The molecule has 45 heavy (non-hydrogen) atoms. The zero-order valence-corrected chi connectivity index (χ0v) is 27.4. The number of anilines is 1. The van der Waals surface area contributed by atoms with E-state index in [-0.39, 0.29) is 16.0 Å². The van der Waals surface area contributed by atoms with E-state index in [0.717, 1.165) is 41.1 Å². The van der Waals surface area contributed by atoms with Gasteiger partial charge in [-0.3, -0.25) is 14.3 Å². The lowest BCUT2D eigenvalue weighted by molar-refractivity contribution is 0.588. The highest BCUT2D eigenvalue weighted by atomic mass is 32.2. The van der Waals surface area contributed by atoms with Crippen LogP contribution in [0.1, 0.15) is 62.2 Å². The van der Waals surface area contributed by atoms with E-state index in [4.69, 9.17) is 5.10 Å². The molecule has 9 heteroatoms. The van der Waals surface area contributed by atoms with Gasteiger partial charge in [-0.25, -0.2) is 17.9 Å². The van der Waals surface area contributed by atoms with Crippen LogP contribution in [0.2, 0.25) is 0 Å². The first-order valence-electron chi connectivity index (χ1n) is 15.3. The Bertz CT molecular complexity index is 1920. The first kappa shape index (κ1) is 31.9. The first-order valence-corrected chi connectivity index (χ1v) is 16.8. The Morgan fingerprint density at radius 2 is 1.53 bits per heavy atom. The van der Waals surface area contributed by atoms with Crippen LogP contribution < -0.4 is 10.4 Å². The average molecular weight is 624 g/mol. The number of hydrogen-bond acceptors (Lipinski definition) is 5. The summed E-state index contributed by atoms with van der Waals surface area (Å²) in [5.74, 6) is 0.813. The van der Waals surface area contributed by atoms with E-state index in [2.05, 4.69) is 66.9 Å². The minimum Gasteiger partial charge on any atom is -0.279 e. The number of aromatic nitrogens is 4. The van der Waals surface area contributed by atoms with Gasteiger partial charge < -0.3 is 0 Å². The highest BCUT2D eigenvalue weighted by Gasteiger charge is 2.17. The van der Waals surface area contributed by atoms with Crippen LogP contribution in [-0.2, 0) is 41.4 Å². The topological polar surface area (TPSA) is 98.9 Å². The molecule has 3 aromatic carbocycles. The van der Waals surface area contributed by atoms with Gasteiger partial charge in [0.25, 0.3) is 10.0 Å². The first-order chi connectivity index (χ1) is 21.4. The van der Waals surface area contributed by atoms with Crippen molar-refractivity contribution in [3.05, 3.63) is 130 Å². The number of rotatable bonds is 11. The summed E-state index contributed by atoms with van der Waals surface area (Å²) in [7, 11) is -3.69. The summed E-state index contributed by atoms with van der Waals surface area (Å²) in [6, 6.07) is 26.8. The molecular weight excluding hydrogens is 582 g/mol. The lowest BCUT2D eigenvalue weighted by Gasteiger charge is -2.19. The van der Waals surface area contributed by atoms with Crippen LogP contribution in [-0.4, -0.2) is 27.7 Å². The van der Waals surface area contributed by atoms with Crippen LogP contribution in [0.15, 0.2) is 101 Å². The summed E-state index contributed by atoms with van der Waals surface area (Å²) in [6.45, 7) is 11.5. The number of aryl methyl sites for hydroxylation is 3. The fourth-order valence-corrected chi connectivity index (χ4v) is 6.43. The van der Waals surface area contributed by atoms with Crippen LogP contribution in [0.4, 0.5) is 5.69 Å². The molecule has 0 radical (unpaired) electrons. The fourth-order valence-electron chi connectivity index (χ4n) is 5.29. The standard InChI is InChI=1S/C36H41N5O3S/c1-6-40-34(38-41(35(40)42)25-28-17-21-30(22-18-28)36(3,4)5)14-10-11-27-15-19-29(20-16-27)32-23-26(2)33(24-37-32)39-45(43,44)31-12-8-7-9-13-31/h7-9,12-13,15-24,39H,6,10-11,14,25H2,1-5H3. The number of hydrogen-bond donors (Lipinski definition) is 1. The predicted octanol–water partition coefficient (Wildman–Crippen LogP) is 6.76. The third kappa shape index (κ3) is 7.60. The largest absolute Gasteiger partial charge is 0.346 e. The number of nitrogens with one attached hydrogen (secondary N) is 1. The maximum Gasteiger partial charge on any atom is 0.346 e. The molecule has 5 rings (SSSR count). The smallest absolute Gasteiger partial charge is 0.279 e. The molecule has 0 aliphatic carbocycles. The van der Waals surface area contributed by atoms with Crippen molar-refractivity contribution in [2.24, 2.45) is 0 Å². The third-order valence-electron chi connectivity index (χ3n) is 7.99. The van der Waals surface area contributed by atoms with Crippen LogP contribution in [0.5, 0.6) is 0 Å². The highest BCUT2D eigenvalue weighted by Crippen LogP contribution is 2.25. The lowest BCUT2D eigenvalue weighted by atomic mass is 9.87. The van der Waals surface area contributed by atoms with Crippen molar-refractivity contribution in [1.82, 2.24) is 19.3 Å². The van der Waals surface area contributed by atoms with Crippen molar-refractivity contribution < 1.29 is 8.42 Å². The molecule has 2 aromatic heterocycles. The summed E-state index contributed by atoms with van der Waals surface area (Å²) < 4.78 is 31.4. The quantitative estimate of drug-likeness (QED) is 0.175. The molecule has 0 bridgehead atoms. The molecule has 8 nitrogen and oxygen atoms in total. The molecular formula is C36H41N5O3S. The second kappa shape index (κ2) is 13.2. The second-order valence-corrected chi connectivity index (χ2v) is 14.1. The number of nitrogens with zero attached hydrogens (tertiary/aromatic N) is 4. The number of pyridine rings is 1. The minimum atomic E-state index is -3.69. The summed E-state index contributed by atoms with van der Waals surface area (Å²) in [4.78, 5) is 17.8. The van der Waals surface area contributed by atoms with Gasteiger partial charge in [0.05, 0.1) is 29.0 Å². The van der Waals surface area contributed by atoms with E-state index in [1.165, 1.54) is 11.1 Å². The highest BCUT2D eigenvalue weighted by molar-refractivity contribution is 7.92. The van der Waals surface area contributed by atoms with Gasteiger partial charge in [0, 0.05) is 18.5 Å². The SMILES string of the molecule is CCn1c(CCCc2ccc(-c3cc(C)c(NS(=O)(=O)c4ccccc4)cn3)cc2)nn(Cc2ccc(C(C)(C)C)cc2)c1=O. The van der Waals surface area contributed by atoms with Gasteiger partial charge in [0.2, 0.25) is 0 Å². The summed E-state index contributed by atoms with van der Waals surface area (Å²) in [5.41, 5.74) is 6.48. The molecule has 0 amide bonds. The van der Waals surface area contributed by atoms with Crippen molar-refractivity contribution in [1.29, 1.82) is 0 Å². The molecule has 0 aliphatic heterocycles. The van der Waals surface area contributed by atoms with E-state index >= 15 is 0 Å². The second-order valence-electron chi connectivity index (χ2n) is 12.4. The van der Waals surface area contributed by atoms with Crippen molar-refractivity contribution in [2.45, 2.75) is 77.3 Å². The molecule has 0 saturated heterocycles. The molecule has 1 N–H and O–H groups in total. The van der Waals surface area contributed by atoms with E-state index in [0.29, 0.717) is 25.2 Å². The molecule has 0 aliphatic rings. The maximum atomic E-state index is 13.1. The van der Waals surface area contributed by atoms with Crippen LogP contribution in [0, 0.1) is 6.92 Å². The lowest BCUT2D eigenvalue weighted by Crippen LogP contribution is -2.25. The Morgan fingerprint density at radius 1 is 0.867 bits per heavy atom. The summed E-state index contributed by atoms with van der Waals surface area (Å²) >= 11 is 0. The summed E-state index contributed by atoms with van der Waals surface area (Å²) in [6.07, 6.45) is 3.99. The fraction of sp³-hybridized carbons (Fsp3) is 0.306. The predicted molar refractivity (Wildman–Crippen MR) is 180 cm³/mol. The molecule has 234 valence electrons. The van der Waals surface area contributed by atoms with Crippen LogP contribution >= 0.6 is 0 Å². The molecule has 0 spiro atoms. The molecule has 0 saturated carbocycles.